The largest absolute Gasteiger partial charge is 0.381 e. The Kier molecular flexibility index (Phi) is 5.90. The Balaban J connectivity index is 2.34. The lowest BCUT2D eigenvalue weighted by atomic mass is 9.83. The third kappa shape index (κ3) is 5.84. The van der Waals surface area contributed by atoms with Gasteiger partial charge in [-0.15, -0.1) is 0 Å². The van der Waals surface area contributed by atoms with E-state index in [-0.39, 0.29) is 5.54 Å². The molecule has 1 fully saturated rings. The Morgan fingerprint density at radius 1 is 1.29 bits per heavy atom. The molecule has 3 nitrogen and oxygen atoms in total. The van der Waals surface area contributed by atoms with Crippen molar-refractivity contribution in [2.45, 2.75) is 52.5 Å². The quantitative estimate of drug-likeness (QED) is 0.697. The number of nitrogens with one attached hydrogen (secondary N) is 1. The van der Waals surface area contributed by atoms with E-state index in [0.29, 0.717) is 5.41 Å². The molecule has 1 unspecified atom stereocenters. The first-order valence-electron chi connectivity index (χ1n) is 6.88. The SMILES string of the molecule is CCCOCCC1(CNC(C)(C)C)CCOC1. The molecular formula is C14H29NO2. The van der Waals surface area contributed by atoms with E-state index in [9.17, 15) is 0 Å². The van der Waals surface area contributed by atoms with Crippen LogP contribution in [0.2, 0.25) is 0 Å². The molecule has 1 saturated heterocycles. The van der Waals surface area contributed by atoms with Gasteiger partial charge in [-0.25, -0.2) is 0 Å². The molecule has 1 heterocycles. The van der Waals surface area contributed by atoms with Gasteiger partial charge in [-0.1, -0.05) is 6.92 Å². The molecule has 0 bridgehead atoms. The first-order chi connectivity index (χ1) is 7.97. The molecule has 1 aliphatic rings. The van der Waals surface area contributed by atoms with Crippen molar-refractivity contribution in [2.24, 2.45) is 5.41 Å². The average molecular weight is 243 g/mol. The molecule has 102 valence electrons. The normalized spacial score (nSPS) is 25.4. The number of ether oxygens (including phenoxy) is 2. The molecule has 17 heavy (non-hydrogen) atoms. The maximum Gasteiger partial charge on any atom is 0.0536 e. The fourth-order valence-corrected chi connectivity index (χ4v) is 2.06. The van der Waals surface area contributed by atoms with Gasteiger partial charge in [0.25, 0.3) is 0 Å². The summed E-state index contributed by atoms with van der Waals surface area (Å²) in [5.74, 6) is 0. The second-order valence-corrected chi connectivity index (χ2v) is 6.27. The van der Waals surface area contributed by atoms with Crippen molar-refractivity contribution in [3.8, 4) is 0 Å². The van der Waals surface area contributed by atoms with Gasteiger partial charge in [0, 0.05) is 37.3 Å². The predicted molar refractivity (Wildman–Crippen MR) is 71.4 cm³/mol. The molecule has 0 radical (unpaired) electrons. The van der Waals surface area contributed by atoms with Gasteiger partial charge < -0.3 is 14.8 Å². The van der Waals surface area contributed by atoms with Crippen molar-refractivity contribution in [3.05, 3.63) is 0 Å². The van der Waals surface area contributed by atoms with Gasteiger partial charge in [0.05, 0.1) is 6.61 Å². The summed E-state index contributed by atoms with van der Waals surface area (Å²) in [6.45, 7) is 13.3. The van der Waals surface area contributed by atoms with Crippen molar-refractivity contribution in [3.63, 3.8) is 0 Å². The molecule has 0 aliphatic carbocycles. The van der Waals surface area contributed by atoms with E-state index in [2.05, 4.69) is 33.0 Å². The predicted octanol–water partition coefficient (Wildman–Crippen LogP) is 2.60. The molecule has 0 amide bonds. The zero-order chi connectivity index (χ0) is 12.8. The Morgan fingerprint density at radius 2 is 2.06 bits per heavy atom. The number of hydrogen-bond donors (Lipinski definition) is 1. The monoisotopic (exact) mass is 243 g/mol. The topological polar surface area (TPSA) is 30.5 Å². The highest BCUT2D eigenvalue weighted by molar-refractivity contribution is 4.87. The zero-order valence-electron chi connectivity index (χ0n) is 12.0. The van der Waals surface area contributed by atoms with Crippen molar-refractivity contribution >= 4 is 0 Å². The maximum atomic E-state index is 5.62. The van der Waals surface area contributed by atoms with Gasteiger partial charge in [-0.3, -0.25) is 0 Å². The standard InChI is InChI=1S/C14H29NO2/c1-5-8-16-9-6-14(7-10-17-12-14)11-15-13(2,3)4/h15H,5-12H2,1-4H3. The summed E-state index contributed by atoms with van der Waals surface area (Å²) in [6.07, 6.45) is 3.37. The van der Waals surface area contributed by atoms with E-state index in [4.69, 9.17) is 9.47 Å². The average Bonchev–Trinajstić information content (AvgIpc) is 2.71. The second-order valence-electron chi connectivity index (χ2n) is 6.27. The second kappa shape index (κ2) is 6.72. The highest BCUT2D eigenvalue weighted by Crippen LogP contribution is 2.32. The summed E-state index contributed by atoms with van der Waals surface area (Å²) in [7, 11) is 0. The van der Waals surface area contributed by atoms with Crippen molar-refractivity contribution < 1.29 is 9.47 Å². The van der Waals surface area contributed by atoms with Crippen LogP contribution in [0.4, 0.5) is 0 Å². The molecule has 0 aromatic rings. The van der Waals surface area contributed by atoms with Gasteiger partial charge in [-0.05, 0) is 40.0 Å². The molecule has 0 aromatic heterocycles. The van der Waals surface area contributed by atoms with Crippen LogP contribution < -0.4 is 5.32 Å². The summed E-state index contributed by atoms with van der Waals surface area (Å²) in [5.41, 5.74) is 0.473. The summed E-state index contributed by atoms with van der Waals surface area (Å²) in [5, 5.41) is 3.61. The van der Waals surface area contributed by atoms with Gasteiger partial charge in [0.2, 0.25) is 0 Å². The molecule has 0 aromatic carbocycles. The highest BCUT2D eigenvalue weighted by Gasteiger charge is 2.35. The van der Waals surface area contributed by atoms with Gasteiger partial charge in [0.15, 0.2) is 0 Å². The number of hydrogen-bond acceptors (Lipinski definition) is 3. The summed E-state index contributed by atoms with van der Waals surface area (Å²) in [4.78, 5) is 0. The van der Waals surface area contributed by atoms with E-state index in [0.717, 1.165) is 52.2 Å². The fraction of sp³-hybridized carbons (Fsp3) is 1.00. The van der Waals surface area contributed by atoms with E-state index in [1.807, 2.05) is 0 Å². The van der Waals surface area contributed by atoms with Crippen LogP contribution in [0.1, 0.15) is 47.0 Å². The Labute approximate surface area is 106 Å². The summed E-state index contributed by atoms with van der Waals surface area (Å²) < 4.78 is 11.2. The highest BCUT2D eigenvalue weighted by atomic mass is 16.5. The Bertz CT molecular complexity index is 205. The minimum atomic E-state index is 0.180. The molecule has 1 atom stereocenters. The molecular weight excluding hydrogens is 214 g/mol. The van der Waals surface area contributed by atoms with Crippen molar-refractivity contribution in [1.82, 2.24) is 5.32 Å². The van der Waals surface area contributed by atoms with Crippen molar-refractivity contribution in [1.29, 1.82) is 0 Å². The minimum Gasteiger partial charge on any atom is -0.381 e. The van der Waals surface area contributed by atoms with Crippen LogP contribution in [0.15, 0.2) is 0 Å². The third-order valence-electron chi connectivity index (χ3n) is 3.30. The first-order valence-corrected chi connectivity index (χ1v) is 6.88. The Morgan fingerprint density at radius 3 is 2.59 bits per heavy atom. The van der Waals surface area contributed by atoms with Gasteiger partial charge in [-0.2, -0.15) is 0 Å². The fourth-order valence-electron chi connectivity index (χ4n) is 2.06. The maximum absolute atomic E-state index is 5.62. The van der Waals surface area contributed by atoms with Gasteiger partial charge >= 0.3 is 0 Å². The lowest BCUT2D eigenvalue weighted by Gasteiger charge is -2.32. The van der Waals surface area contributed by atoms with Gasteiger partial charge in [0.1, 0.15) is 0 Å². The van der Waals surface area contributed by atoms with Crippen LogP contribution in [0.5, 0.6) is 0 Å². The lowest BCUT2D eigenvalue weighted by Crippen LogP contribution is -2.44. The molecule has 1 N–H and O–H groups in total. The van der Waals surface area contributed by atoms with Crippen LogP contribution >= 0.6 is 0 Å². The van der Waals surface area contributed by atoms with Crippen LogP contribution in [0.25, 0.3) is 0 Å². The smallest absolute Gasteiger partial charge is 0.0536 e. The van der Waals surface area contributed by atoms with Crippen LogP contribution in [-0.4, -0.2) is 38.5 Å². The molecule has 1 aliphatic heterocycles. The lowest BCUT2D eigenvalue weighted by molar-refractivity contribution is 0.0775. The van der Waals surface area contributed by atoms with Crippen LogP contribution in [0.3, 0.4) is 0 Å². The van der Waals surface area contributed by atoms with Crippen LogP contribution in [-0.2, 0) is 9.47 Å². The van der Waals surface area contributed by atoms with Crippen LogP contribution in [0, 0.1) is 5.41 Å². The molecule has 1 rings (SSSR count). The minimum absolute atomic E-state index is 0.180. The molecule has 3 heteroatoms. The summed E-state index contributed by atoms with van der Waals surface area (Å²) in [6, 6.07) is 0. The number of rotatable bonds is 7. The van der Waals surface area contributed by atoms with E-state index in [1.54, 1.807) is 0 Å². The van der Waals surface area contributed by atoms with E-state index in [1.165, 1.54) is 0 Å². The van der Waals surface area contributed by atoms with E-state index >= 15 is 0 Å². The van der Waals surface area contributed by atoms with Crippen molar-refractivity contribution in [2.75, 3.05) is 33.0 Å². The Hall–Kier alpha value is -0.120. The molecule has 0 saturated carbocycles. The molecule has 0 spiro atoms. The summed E-state index contributed by atoms with van der Waals surface area (Å²) >= 11 is 0. The zero-order valence-corrected chi connectivity index (χ0v) is 12.0. The third-order valence-corrected chi connectivity index (χ3v) is 3.30. The first kappa shape index (κ1) is 14.9. The van der Waals surface area contributed by atoms with E-state index < -0.39 is 0 Å².